The smallest absolute Gasteiger partial charge is 0.125 e. The van der Waals surface area contributed by atoms with Crippen LogP contribution in [0.25, 0.3) is 89.2 Å². The van der Waals surface area contributed by atoms with Crippen molar-refractivity contribution in [2.45, 2.75) is 89.5 Å². The molecule has 8 aromatic carbocycles. The van der Waals surface area contributed by atoms with E-state index in [0.717, 1.165) is 211 Å². The molecule has 0 amide bonds. The lowest BCUT2D eigenvalue weighted by atomic mass is 9.79. The maximum absolute atomic E-state index is 9.76. The first-order chi connectivity index (χ1) is 67.8. The van der Waals surface area contributed by atoms with Crippen LogP contribution in [0.15, 0.2) is 220 Å². The molecule has 0 radical (unpaired) electrons. The van der Waals surface area contributed by atoms with Gasteiger partial charge in [-0.15, -0.1) is 0 Å². The molecule has 0 spiro atoms. The highest BCUT2D eigenvalue weighted by atomic mass is 35.5. The van der Waals surface area contributed by atoms with Crippen molar-refractivity contribution >= 4 is 115 Å². The molecule has 0 saturated carbocycles. The lowest BCUT2D eigenvalue weighted by Crippen LogP contribution is -2.61. The van der Waals surface area contributed by atoms with Crippen molar-refractivity contribution < 1.29 is 58.7 Å². The van der Waals surface area contributed by atoms with Crippen LogP contribution in [0.4, 0.5) is 45.5 Å². The van der Waals surface area contributed by atoms with Crippen molar-refractivity contribution in [2.75, 3.05) is 148 Å². The van der Waals surface area contributed by atoms with Gasteiger partial charge >= 0.3 is 0 Å². The molecular formula is C104H124ClN23O12S. The minimum Gasteiger partial charge on any atom is -0.497 e. The van der Waals surface area contributed by atoms with E-state index in [-0.39, 0.29) is 70.3 Å². The van der Waals surface area contributed by atoms with E-state index >= 15 is 0 Å². The van der Waals surface area contributed by atoms with Crippen LogP contribution < -0.4 is 63.4 Å². The number of nitrogens with zero attached hydrogens (tertiary/aromatic N) is 21. The summed E-state index contributed by atoms with van der Waals surface area (Å²) in [5, 5.41) is 72.5. The van der Waals surface area contributed by atoms with Gasteiger partial charge in [-0.1, -0.05) is 11.6 Å². The first kappa shape index (κ1) is 103. The molecule has 0 aliphatic carbocycles. The number of likely N-dealkylation sites (tertiary alicyclic amines) is 1. The second-order valence-corrected chi connectivity index (χ2v) is 35.8. The first-order valence-corrected chi connectivity index (χ1v) is 46.8. The Morgan fingerprint density at radius 3 is 1.19 bits per heavy atom. The van der Waals surface area contributed by atoms with Crippen LogP contribution in [0.2, 0.25) is 5.02 Å². The van der Waals surface area contributed by atoms with Gasteiger partial charge in [0.2, 0.25) is 0 Å². The fourth-order valence-corrected chi connectivity index (χ4v) is 18.1. The maximum atomic E-state index is 9.76. The standard InChI is InChI=1S/C31H41N7O2.C28H34N6O3.C24H27N5O5.C21H20ClN5O2.H2S/c1-30(2)16-22(17-31(3,4)36-30)32-10-11-38(24-12-25(39-6)15-26(13-24)40-7)23-8-9-27-28(14-23)35-29(19-33-27)21-18-34-37(5)20-21;1-32-18-20(16-30-32)28-17-29-26-8-7-21(14-27(26)31-28)34(11-5-10-33-9-4-6-22(33)19-35)23-12-24(36-2)15-25(13-23)37-3;1-33-20-10-19(11-21(13-20)34-9-8-32)29(5-7-31)18-2-3-22-23(12-18)27-24(15-25-22)17-14-26-28(16-17)4-6-30;1-26-13-14(11-24-26)20-12-23-18-6-3-15(9-19(18)25-20)27(7-8-28)21-10-16(29-2)4-5-17(21)22;/h8-9,12-15,18-20,22,32,36H,10-11,16-17H2,1-7H3;7-8,12-18,22,35H,4-6,9-11,19H2,1-3H3;2-3,10-16,30-32H,4-9H2,1H3;3-6,9-13,28H,7-8H2,1-2H3;1H2/t;22-;;;/m.0.../s1. The summed E-state index contributed by atoms with van der Waals surface area (Å²) in [6.45, 7) is 14.8. The summed E-state index contributed by atoms with van der Waals surface area (Å²) in [6, 6.07) is 47.3. The summed E-state index contributed by atoms with van der Waals surface area (Å²) >= 11 is 6.44. The van der Waals surface area contributed by atoms with Crippen LogP contribution in [0.1, 0.15) is 59.8 Å². The largest absolute Gasteiger partial charge is 0.497 e. The van der Waals surface area contributed by atoms with Gasteiger partial charge in [0, 0.05) is 231 Å². The number of piperidine rings is 1. The molecule has 740 valence electrons. The number of hydrogen-bond donors (Lipinski definition) is 7. The molecule has 1 atom stereocenters. The fourth-order valence-electron chi connectivity index (χ4n) is 17.9. The van der Waals surface area contributed by atoms with Crippen molar-refractivity contribution in [1.29, 1.82) is 0 Å². The molecule has 10 heterocycles. The number of aryl methyl sites for hydroxylation is 3. The third-order valence-electron chi connectivity index (χ3n) is 24.3. The quantitative estimate of drug-likeness (QED) is 0.0192. The zero-order valence-electron chi connectivity index (χ0n) is 81.7. The van der Waals surface area contributed by atoms with E-state index in [0.29, 0.717) is 59.2 Å². The highest BCUT2D eigenvalue weighted by molar-refractivity contribution is 7.59. The fraction of sp³-hybridized carbons (Fsp3) is 0.346. The predicted octanol–water partition coefficient (Wildman–Crippen LogP) is 15.0. The predicted molar refractivity (Wildman–Crippen MR) is 557 cm³/mol. The lowest BCUT2D eigenvalue weighted by Gasteiger charge is -2.47. The third kappa shape index (κ3) is 26.2. The Kier molecular flexibility index (Phi) is 34.9. The number of benzene rings is 8. The monoisotopic (exact) mass is 1950 g/mol. The van der Waals surface area contributed by atoms with E-state index in [9.17, 15) is 15.3 Å². The van der Waals surface area contributed by atoms with Crippen molar-refractivity contribution in [3.05, 3.63) is 225 Å². The van der Waals surface area contributed by atoms with Crippen molar-refractivity contribution in [2.24, 2.45) is 21.1 Å². The molecule has 7 N–H and O–H groups in total. The van der Waals surface area contributed by atoms with E-state index in [1.165, 1.54) is 0 Å². The number of anilines is 8. The number of methoxy groups -OCH3 is 6. The van der Waals surface area contributed by atoms with E-state index in [1.807, 2.05) is 165 Å². The Hall–Kier alpha value is -13.9. The van der Waals surface area contributed by atoms with Crippen LogP contribution in [-0.4, -0.2) is 261 Å². The molecule has 141 heavy (non-hydrogen) atoms. The molecule has 8 aromatic heterocycles. The zero-order valence-corrected chi connectivity index (χ0v) is 83.5. The molecule has 2 aliphatic heterocycles. The molecule has 0 bridgehead atoms. The lowest BCUT2D eigenvalue weighted by molar-refractivity contribution is 0.147. The molecule has 2 aliphatic rings. The Morgan fingerprint density at radius 2 is 0.794 bits per heavy atom. The topological polar surface area (TPSA) is 380 Å². The summed E-state index contributed by atoms with van der Waals surface area (Å²) in [6.07, 6.45) is 27.0. The highest BCUT2D eigenvalue weighted by Gasteiger charge is 2.38. The minimum absolute atomic E-state index is 0. The molecule has 2 fully saturated rings. The van der Waals surface area contributed by atoms with E-state index in [1.54, 1.807) is 123 Å². The summed E-state index contributed by atoms with van der Waals surface area (Å²) in [5.41, 5.74) is 20.2. The Balaban J connectivity index is 0.000000150. The Bertz CT molecular complexity index is 6800. The van der Waals surface area contributed by atoms with Crippen molar-refractivity contribution in [3.63, 3.8) is 0 Å². The molecule has 18 rings (SSSR count). The average molecular weight is 1960 g/mol. The number of aromatic nitrogens is 16. The van der Waals surface area contributed by atoms with Crippen LogP contribution in [0, 0.1) is 0 Å². The second kappa shape index (κ2) is 47.8. The number of ether oxygens (including phenoxy) is 7. The minimum atomic E-state index is -0.0997. The van der Waals surface area contributed by atoms with Gasteiger partial charge in [0.1, 0.15) is 46.9 Å². The van der Waals surface area contributed by atoms with Crippen LogP contribution in [0.3, 0.4) is 0 Å². The van der Waals surface area contributed by atoms with Gasteiger partial charge in [-0.25, -0.2) is 19.9 Å². The summed E-state index contributed by atoms with van der Waals surface area (Å²) < 4.78 is 45.6. The van der Waals surface area contributed by atoms with Gasteiger partial charge in [0.25, 0.3) is 0 Å². The van der Waals surface area contributed by atoms with Crippen LogP contribution in [-0.2, 0) is 27.7 Å². The second-order valence-electron chi connectivity index (χ2n) is 35.4. The van der Waals surface area contributed by atoms with Gasteiger partial charge in [0.15, 0.2) is 0 Å². The molecule has 35 nitrogen and oxygen atoms in total. The number of aliphatic hydroxyl groups excluding tert-OH is 5. The van der Waals surface area contributed by atoms with Crippen molar-refractivity contribution in [3.8, 4) is 85.3 Å². The van der Waals surface area contributed by atoms with Gasteiger partial charge in [-0.3, -0.25) is 43.6 Å². The number of hydrogen-bond acceptors (Lipinski definition) is 31. The summed E-state index contributed by atoms with van der Waals surface area (Å²) in [5.74, 6) is 4.79. The number of nitrogens with one attached hydrogen (secondary N) is 2. The molecule has 2 saturated heterocycles. The maximum Gasteiger partial charge on any atom is 0.125 e. The molecule has 0 unspecified atom stereocenters. The summed E-state index contributed by atoms with van der Waals surface area (Å²) in [4.78, 5) is 48.5. The zero-order chi connectivity index (χ0) is 98.6. The van der Waals surface area contributed by atoms with E-state index < -0.39 is 0 Å². The third-order valence-corrected chi connectivity index (χ3v) is 24.6. The van der Waals surface area contributed by atoms with E-state index in [4.69, 9.17) is 74.9 Å². The highest BCUT2D eigenvalue weighted by Crippen LogP contribution is 2.42. The number of fused-ring (bicyclic) bond motifs is 4. The number of rotatable bonds is 36. The van der Waals surface area contributed by atoms with Crippen molar-refractivity contribution in [1.82, 2.24) is 94.5 Å². The average Bonchev–Trinajstić information content (AvgIpc) is 1.68. The Morgan fingerprint density at radius 1 is 0.404 bits per heavy atom. The van der Waals surface area contributed by atoms with Crippen LogP contribution >= 0.6 is 25.1 Å². The van der Waals surface area contributed by atoms with Gasteiger partial charge < -0.3 is 88.9 Å². The molecule has 37 heteroatoms. The Labute approximate surface area is 831 Å². The SMILES string of the molecule is COc1cc(OC)cc(N(CCCN2CCC[C@H]2CO)c2ccc3ncc(-c4cnn(C)c4)nc3c2)c1.COc1cc(OC)cc(N(CCNC2CC(C)(C)NC(C)(C)C2)c2ccc3ncc(-c4cnn(C)c4)nc3c2)c1.COc1cc(OCCO)cc(N(CCO)c2ccc3ncc(-c4cnn(CCO)c4)nc3c2)c1.COc1ccc(Cl)c(N(CCO)c2ccc3ncc(-c4cnn(C)c4)nc3c2)c1.S. The molecular weight excluding hydrogens is 1830 g/mol. The molecule has 16 aromatic rings. The summed E-state index contributed by atoms with van der Waals surface area (Å²) in [7, 11) is 15.5. The van der Waals surface area contributed by atoms with E-state index in [2.05, 4.69) is 118 Å². The number of aliphatic hydroxyl groups is 5. The van der Waals surface area contributed by atoms with Gasteiger partial charge in [-0.2, -0.15) is 33.9 Å². The normalized spacial score (nSPS) is 13.8. The van der Waals surface area contributed by atoms with Gasteiger partial charge in [-0.05, 0) is 151 Å². The van der Waals surface area contributed by atoms with Crippen LogP contribution in [0.5, 0.6) is 40.2 Å². The first-order valence-electron chi connectivity index (χ1n) is 46.5. The number of halogens is 1. The van der Waals surface area contributed by atoms with Gasteiger partial charge in [0.05, 0.1) is 209 Å².